The topological polar surface area (TPSA) is 59.4 Å². The number of hydrogen-bond acceptors (Lipinski definition) is 3. The van der Waals surface area contributed by atoms with Crippen LogP contribution in [0.2, 0.25) is 5.15 Å². The van der Waals surface area contributed by atoms with Gasteiger partial charge in [0.2, 0.25) is 0 Å². The van der Waals surface area contributed by atoms with Crippen LogP contribution in [-0.2, 0) is 11.2 Å². The molecule has 0 aliphatic rings. The third kappa shape index (κ3) is 4.36. The number of aromatic nitrogens is 1. The summed E-state index contributed by atoms with van der Waals surface area (Å²) in [4.78, 5) is 14.5. The number of hydrogen-bond donors (Lipinski definition) is 1. The first-order valence-corrected chi connectivity index (χ1v) is 6.36. The Labute approximate surface area is 128 Å². The molecule has 0 saturated carbocycles. The molecule has 4 nitrogen and oxygen atoms in total. The van der Waals surface area contributed by atoms with Crippen LogP contribution in [0.15, 0.2) is 36.4 Å². The van der Waals surface area contributed by atoms with Gasteiger partial charge in [0, 0.05) is 5.56 Å². The maximum atomic E-state index is 12.2. The van der Waals surface area contributed by atoms with Crippen LogP contribution in [-0.4, -0.2) is 22.4 Å². The van der Waals surface area contributed by atoms with Crippen LogP contribution in [0.1, 0.15) is 5.69 Å². The Balaban J connectivity index is 2.32. The molecule has 0 radical (unpaired) electrons. The second kappa shape index (κ2) is 6.23. The van der Waals surface area contributed by atoms with Crippen LogP contribution >= 0.6 is 11.6 Å². The lowest BCUT2D eigenvalue weighted by molar-refractivity contribution is -0.274. The fraction of sp³-hybridized carbons (Fsp3) is 0.143. The number of halogens is 4. The third-order valence-electron chi connectivity index (χ3n) is 2.62. The molecule has 0 bridgehead atoms. The molecule has 0 aliphatic heterocycles. The maximum Gasteiger partial charge on any atom is 0.573 e. The second-order valence-corrected chi connectivity index (χ2v) is 4.65. The summed E-state index contributed by atoms with van der Waals surface area (Å²) in [6, 6.07) is 8.22. The minimum Gasteiger partial charge on any atom is -0.481 e. The molecule has 0 atom stereocenters. The standard InChI is InChI=1S/C14H9ClF3NO3/c15-13-11(5-4-9(19-13)7-12(20)21)8-2-1-3-10(6-8)22-14(16,17)18/h1-6H,7H2,(H,20,21). The van der Waals surface area contributed by atoms with Crippen LogP contribution in [0, 0.1) is 0 Å². The Morgan fingerprint density at radius 3 is 2.59 bits per heavy atom. The molecule has 8 heteroatoms. The largest absolute Gasteiger partial charge is 0.573 e. The highest BCUT2D eigenvalue weighted by Gasteiger charge is 2.31. The number of pyridine rings is 1. The van der Waals surface area contributed by atoms with Crippen molar-refractivity contribution >= 4 is 17.6 Å². The molecule has 0 aliphatic carbocycles. The van der Waals surface area contributed by atoms with Crippen LogP contribution in [0.25, 0.3) is 11.1 Å². The van der Waals surface area contributed by atoms with Crippen molar-refractivity contribution in [2.45, 2.75) is 12.8 Å². The van der Waals surface area contributed by atoms with E-state index in [1.54, 1.807) is 6.07 Å². The Bertz CT molecular complexity index is 704. The zero-order chi connectivity index (χ0) is 16.3. The van der Waals surface area contributed by atoms with E-state index < -0.39 is 12.3 Å². The van der Waals surface area contributed by atoms with E-state index in [0.29, 0.717) is 11.1 Å². The lowest BCUT2D eigenvalue weighted by Gasteiger charge is -2.11. The van der Waals surface area contributed by atoms with Crippen molar-refractivity contribution in [3.63, 3.8) is 0 Å². The van der Waals surface area contributed by atoms with Gasteiger partial charge in [0.15, 0.2) is 0 Å². The SMILES string of the molecule is O=C(O)Cc1ccc(-c2cccc(OC(F)(F)F)c2)c(Cl)n1. The van der Waals surface area contributed by atoms with Crippen LogP contribution in [0.4, 0.5) is 13.2 Å². The van der Waals surface area contributed by atoms with Gasteiger partial charge in [0.05, 0.1) is 12.1 Å². The van der Waals surface area contributed by atoms with Crippen molar-refractivity contribution in [1.82, 2.24) is 4.98 Å². The zero-order valence-corrected chi connectivity index (χ0v) is 11.6. The summed E-state index contributed by atoms with van der Waals surface area (Å²) in [5.74, 6) is -1.44. The number of nitrogens with zero attached hydrogens (tertiary/aromatic N) is 1. The zero-order valence-electron chi connectivity index (χ0n) is 10.9. The van der Waals surface area contributed by atoms with Gasteiger partial charge in [-0.3, -0.25) is 4.79 Å². The van der Waals surface area contributed by atoms with Crippen LogP contribution < -0.4 is 4.74 Å². The van der Waals surface area contributed by atoms with Gasteiger partial charge >= 0.3 is 12.3 Å². The summed E-state index contributed by atoms with van der Waals surface area (Å²) in [6.45, 7) is 0. The molecule has 0 saturated heterocycles. The minimum absolute atomic E-state index is 0.00269. The van der Waals surface area contributed by atoms with Gasteiger partial charge in [0.1, 0.15) is 10.9 Å². The molecular weight excluding hydrogens is 323 g/mol. The number of rotatable bonds is 4. The average Bonchev–Trinajstić information content (AvgIpc) is 2.36. The molecule has 22 heavy (non-hydrogen) atoms. The van der Waals surface area contributed by atoms with Crippen molar-refractivity contribution in [3.8, 4) is 16.9 Å². The number of aliphatic carboxylic acids is 1. The average molecular weight is 332 g/mol. The molecule has 2 aromatic rings. The van der Waals surface area contributed by atoms with Gasteiger partial charge < -0.3 is 9.84 Å². The van der Waals surface area contributed by atoms with Gasteiger partial charge in [-0.25, -0.2) is 4.98 Å². The van der Waals surface area contributed by atoms with E-state index in [9.17, 15) is 18.0 Å². The van der Waals surface area contributed by atoms with Crippen molar-refractivity contribution in [2.75, 3.05) is 0 Å². The molecule has 0 spiro atoms. The quantitative estimate of drug-likeness (QED) is 0.862. The van der Waals surface area contributed by atoms with E-state index >= 15 is 0 Å². The molecule has 0 unspecified atom stereocenters. The van der Waals surface area contributed by atoms with E-state index in [1.807, 2.05) is 0 Å². The van der Waals surface area contributed by atoms with Crippen molar-refractivity contribution < 1.29 is 27.8 Å². The Kier molecular flexibility index (Phi) is 4.56. The predicted molar refractivity (Wildman–Crippen MR) is 72.7 cm³/mol. The molecule has 0 amide bonds. The predicted octanol–water partition coefficient (Wildman–Crippen LogP) is 3.93. The first kappa shape index (κ1) is 16.1. The van der Waals surface area contributed by atoms with Gasteiger partial charge in [0.25, 0.3) is 0 Å². The van der Waals surface area contributed by atoms with E-state index in [4.69, 9.17) is 16.7 Å². The summed E-state index contributed by atoms with van der Waals surface area (Å²) < 4.78 is 40.5. The lowest BCUT2D eigenvalue weighted by atomic mass is 10.1. The van der Waals surface area contributed by atoms with E-state index in [2.05, 4.69) is 9.72 Å². The summed E-state index contributed by atoms with van der Waals surface area (Å²) >= 11 is 5.97. The highest BCUT2D eigenvalue weighted by Crippen LogP contribution is 2.31. The highest BCUT2D eigenvalue weighted by molar-refractivity contribution is 6.32. The smallest absolute Gasteiger partial charge is 0.481 e. The second-order valence-electron chi connectivity index (χ2n) is 4.29. The number of alkyl halides is 3. The fourth-order valence-electron chi connectivity index (χ4n) is 1.80. The Morgan fingerprint density at radius 2 is 2.00 bits per heavy atom. The van der Waals surface area contributed by atoms with E-state index in [1.165, 1.54) is 24.3 Å². The van der Waals surface area contributed by atoms with Crippen molar-refractivity contribution in [1.29, 1.82) is 0 Å². The maximum absolute atomic E-state index is 12.2. The number of carboxylic acid groups (broad SMARTS) is 1. The van der Waals surface area contributed by atoms with Gasteiger partial charge in [-0.2, -0.15) is 0 Å². The number of carbonyl (C=O) groups is 1. The summed E-state index contributed by atoms with van der Waals surface area (Å²) in [5.41, 5.74) is 1.01. The van der Waals surface area contributed by atoms with Crippen molar-refractivity contribution in [2.24, 2.45) is 0 Å². The Hall–Kier alpha value is -2.28. The molecule has 1 N–H and O–H groups in total. The van der Waals surface area contributed by atoms with E-state index in [-0.39, 0.29) is 23.0 Å². The molecule has 116 valence electrons. The Morgan fingerprint density at radius 1 is 1.27 bits per heavy atom. The minimum atomic E-state index is -4.79. The molecular formula is C14H9ClF3NO3. The summed E-state index contributed by atoms with van der Waals surface area (Å²) in [5, 5.41) is 8.69. The van der Waals surface area contributed by atoms with Gasteiger partial charge in [-0.05, 0) is 29.8 Å². The normalized spacial score (nSPS) is 11.3. The van der Waals surface area contributed by atoms with Gasteiger partial charge in [-0.1, -0.05) is 23.7 Å². The molecule has 1 heterocycles. The number of benzene rings is 1. The van der Waals surface area contributed by atoms with Crippen molar-refractivity contribution in [3.05, 3.63) is 47.2 Å². The summed E-state index contributed by atoms with van der Waals surface area (Å²) in [6.07, 6.45) is -5.08. The summed E-state index contributed by atoms with van der Waals surface area (Å²) in [7, 11) is 0. The molecule has 0 fully saturated rings. The molecule has 1 aromatic heterocycles. The highest BCUT2D eigenvalue weighted by atomic mass is 35.5. The first-order valence-electron chi connectivity index (χ1n) is 5.98. The van der Waals surface area contributed by atoms with Crippen LogP contribution in [0.3, 0.4) is 0 Å². The fourth-order valence-corrected chi connectivity index (χ4v) is 2.08. The molecule has 2 rings (SSSR count). The van der Waals surface area contributed by atoms with E-state index in [0.717, 1.165) is 6.07 Å². The van der Waals surface area contributed by atoms with Crippen LogP contribution in [0.5, 0.6) is 5.75 Å². The molecule has 1 aromatic carbocycles. The third-order valence-corrected chi connectivity index (χ3v) is 2.91. The van der Waals surface area contributed by atoms with Gasteiger partial charge in [-0.15, -0.1) is 13.2 Å². The lowest BCUT2D eigenvalue weighted by Crippen LogP contribution is -2.17. The number of ether oxygens (including phenoxy) is 1. The monoisotopic (exact) mass is 331 g/mol. The number of carboxylic acids is 1. The first-order chi connectivity index (χ1) is 10.2.